The van der Waals surface area contributed by atoms with Crippen LogP contribution in [0.4, 0.5) is 0 Å². The van der Waals surface area contributed by atoms with Crippen LogP contribution in [0.5, 0.6) is 0 Å². The predicted molar refractivity (Wildman–Crippen MR) is 68.3 cm³/mol. The third-order valence-electron chi connectivity index (χ3n) is 3.15. The van der Waals surface area contributed by atoms with Gasteiger partial charge in [-0.25, -0.2) is 0 Å². The van der Waals surface area contributed by atoms with Gasteiger partial charge in [0.15, 0.2) is 0 Å². The Morgan fingerprint density at radius 2 is 2.32 bits per heavy atom. The molecule has 3 rings (SSSR count). The molecule has 0 unspecified atom stereocenters. The molecule has 19 heavy (non-hydrogen) atoms. The molecule has 6 nitrogen and oxygen atoms in total. The number of nitrogens with zero attached hydrogens (tertiary/aromatic N) is 3. The van der Waals surface area contributed by atoms with E-state index in [0.29, 0.717) is 24.0 Å². The molecule has 1 aliphatic rings. The average Bonchev–Trinajstić information content (AvgIpc) is 2.83. The van der Waals surface area contributed by atoms with Crippen molar-refractivity contribution in [2.24, 2.45) is 0 Å². The SMILES string of the molecule is Cc1ccnc(-c2noc(COC3(C)CNC3)n2)c1. The van der Waals surface area contributed by atoms with Crippen molar-refractivity contribution in [3.05, 3.63) is 29.8 Å². The van der Waals surface area contributed by atoms with Crippen LogP contribution >= 0.6 is 0 Å². The molecule has 1 aliphatic heterocycles. The summed E-state index contributed by atoms with van der Waals surface area (Å²) in [5.41, 5.74) is 1.71. The zero-order valence-corrected chi connectivity index (χ0v) is 11.0. The summed E-state index contributed by atoms with van der Waals surface area (Å²) in [7, 11) is 0. The van der Waals surface area contributed by atoms with Crippen LogP contribution in [-0.2, 0) is 11.3 Å². The van der Waals surface area contributed by atoms with Crippen LogP contribution in [-0.4, -0.2) is 33.8 Å². The first-order valence-electron chi connectivity index (χ1n) is 6.25. The van der Waals surface area contributed by atoms with Gasteiger partial charge in [0.05, 0.1) is 5.60 Å². The van der Waals surface area contributed by atoms with Gasteiger partial charge in [0.25, 0.3) is 5.89 Å². The molecule has 0 amide bonds. The highest BCUT2D eigenvalue weighted by Crippen LogP contribution is 2.19. The Morgan fingerprint density at radius 3 is 3.00 bits per heavy atom. The molecule has 2 aromatic heterocycles. The lowest BCUT2D eigenvalue weighted by Gasteiger charge is -2.38. The minimum absolute atomic E-state index is 0.115. The van der Waals surface area contributed by atoms with Crippen molar-refractivity contribution in [2.75, 3.05) is 13.1 Å². The van der Waals surface area contributed by atoms with E-state index in [1.165, 1.54) is 0 Å². The van der Waals surface area contributed by atoms with Crippen molar-refractivity contribution in [1.82, 2.24) is 20.4 Å². The largest absolute Gasteiger partial charge is 0.363 e. The number of aryl methyl sites for hydroxylation is 1. The van der Waals surface area contributed by atoms with Gasteiger partial charge < -0.3 is 14.6 Å². The second kappa shape index (κ2) is 4.71. The first-order valence-corrected chi connectivity index (χ1v) is 6.25. The molecular formula is C13H16N4O2. The fraction of sp³-hybridized carbons (Fsp3) is 0.462. The van der Waals surface area contributed by atoms with Crippen molar-refractivity contribution in [3.63, 3.8) is 0 Å². The maximum absolute atomic E-state index is 5.75. The van der Waals surface area contributed by atoms with Gasteiger partial charge in [0, 0.05) is 19.3 Å². The molecule has 1 N–H and O–H groups in total. The van der Waals surface area contributed by atoms with Crippen LogP contribution < -0.4 is 5.32 Å². The monoisotopic (exact) mass is 260 g/mol. The first kappa shape index (κ1) is 12.3. The summed E-state index contributed by atoms with van der Waals surface area (Å²) in [6.07, 6.45) is 1.73. The molecule has 6 heteroatoms. The summed E-state index contributed by atoms with van der Waals surface area (Å²) in [6, 6.07) is 3.85. The molecule has 1 saturated heterocycles. The van der Waals surface area contributed by atoms with Gasteiger partial charge in [0.1, 0.15) is 12.3 Å². The molecule has 2 aromatic rings. The van der Waals surface area contributed by atoms with E-state index >= 15 is 0 Å². The summed E-state index contributed by atoms with van der Waals surface area (Å²) in [5, 5.41) is 7.10. The standard InChI is InChI=1S/C13H16N4O2/c1-9-3-4-15-10(5-9)12-16-11(19-17-12)6-18-13(2)7-14-8-13/h3-5,14H,6-8H2,1-2H3. The maximum atomic E-state index is 5.75. The van der Waals surface area contributed by atoms with Gasteiger partial charge in [0.2, 0.25) is 5.82 Å². The van der Waals surface area contributed by atoms with Crippen LogP contribution in [0.3, 0.4) is 0 Å². The van der Waals surface area contributed by atoms with Gasteiger partial charge in [-0.05, 0) is 31.5 Å². The number of nitrogens with one attached hydrogen (secondary N) is 1. The third kappa shape index (κ3) is 2.64. The lowest BCUT2D eigenvalue weighted by atomic mass is 10.0. The van der Waals surface area contributed by atoms with Crippen molar-refractivity contribution in [1.29, 1.82) is 0 Å². The minimum Gasteiger partial charge on any atom is -0.363 e. The second-order valence-electron chi connectivity index (χ2n) is 5.07. The first-order chi connectivity index (χ1) is 9.15. The number of pyridine rings is 1. The normalized spacial score (nSPS) is 17.2. The quantitative estimate of drug-likeness (QED) is 0.893. The smallest absolute Gasteiger partial charge is 0.253 e. The zero-order chi connectivity index (χ0) is 13.3. The Bertz CT molecular complexity index is 578. The van der Waals surface area contributed by atoms with Crippen LogP contribution in [0.25, 0.3) is 11.5 Å². The summed E-state index contributed by atoms with van der Waals surface area (Å²) >= 11 is 0. The Balaban J connectivity index is 1.69. The van der Waals surface area contributed by atoms with Crippen LogP contribution in [0.2, 0.25) is 0 Å². The number of rotatable bonds is 4. The number of hydrogen-bond acceptors (Lipinski definition) is 6. The van der Waals surface area contributed by atoms with Crippen molar-refractivity contribution in [2.45, 2.75) is 26.1 Å². The predicted octanol–water partition coefficient (Wildman–Crippen LogP) is 1.32. The molecule has 3 heterocycles. The number of hydrogen-bond donors (Lipinski definition) is 1. The lowest BCUT2D eigenvalue weighted by Crippen LogP contribution is -2.58. The topological polar surface area (TPSA) is 73.1 Å². The van der Waals surface area contributed by atoms with Gasteiger partial charge in [-0.2, -0.15) is 4.98 Å². The van der Waals surface area contributed by atoms with E-state index in [0.717, 1.165) is 18.7 Å². The molecule has 0 saturated carbocycles. The molecule has 100 valence electrons. The molecule has 0 spiro atoms. The molecule has 0 radical (unpaired) electrons. The summed E-state index contributed by atoms with van der Waals surface area (Å²) in [5.74, 6) is 0.977. The van der Waals surface area contributed by atoms with Crippen molar-refractivity contribution >= 4 is 0 Å². The fourth-order valence-corrected chi connectivity index (χ4v) is 1.89. The highest BCUT2D eigenvalue weighted by molar-refractivity contribution is 5.48. The second-order valence-corrected chi connectivity index (χ2v) is 5.07. The zero-order valence-electron chi connectivity index (χ0n) is 11.0. The van der Waals surface area contributed by atoms with Crippen LogP contribution in [0.15, 0.2) is 22.9 Å². The summed E-state index contributed by atoms with van der Waals surface area (Å²) in [4.78, 5) is 8.52. The molecule has 0 atom stereocenters. The Hall–Kier alpha value is -1.79. The lowest BCUT2D eigenvalue weighted by molar-refractivity contribution is -0.0841. The average molecular weight is 260 g/mol. The fourth-order valence-electron chi connectivity index (χ4n) is 1.89. The van der Waals surface area contributed by atoms with Crippen LogP contribution in [0, 0.1) is 6.92 Å². The van der Waals surface area contributed by atoms with Gasteiger partial charge in [-0.3, -0.25) is 4.98 Å². The van der Waals surface area contributed by atoms with E-state index in [9.17, 15) is 0 Å². The van der Waals surface area contributed by atoms with E-state index in [1.807, 2.05) is 19.1 Å². The van der Waals surface area contributed by atoms with E-state index in [1.54, 1.807) is 6.20 Å². The maximum Gasteiger partial charge on any atom is 0.253 e. The van der Waals surface area contributed by atoms with E-state index in [4.69, 9.17) is 9.26 Å². The third-order valence-corrected chi connectivity index (χ3v) is 3.15. The summed E-state index contributed by atoms with van der Waals surface area (Å²) < 4.78 is 10.9. The van der Waals surface area contributed by atoms with Crippen molar-refractivity contribution in [3.8, 4) is 11.5 Å². The molecule has 1 fully saturated rings. The molecule has 0 aromatic carbocycles. The van der Waals surface area contributed by atoms with Crippen LogP contribution in [0.1, 0.15) is 18.4 Å². The van der Waals surface area contributed by atoms with Gasteiger partial charge >= 0.3 is 0 Å². The molecule has 0 bridgehead atoms. The van der Waals surface area contributed by atoms with Crippen molar-refractivity contribution < 1.29 is 9.26 Å². The Kier molecular flexibility index (Phi) is 3.04. The Morgan fingerprint density at radius 1 is 1.47 bits per heavy atom. The number of aromatic nitrogens is 3. The number of ether oxygens (including phenoxy) is 1. The van der Waals surface area contributed by atoms with E-state index < -0.39 is 0 Å². The molecular weight excluding hydrogens is 244 g/mol. The summed E-state index contributed by atoms with van der Waals surface area (Å²) in [6.45, 7) is 6.10. The molecule has 0 aliphatic carbocycles. The highest BCUT2D eigenvalue weighted by Gasteiger charge is 2.33. The minimum atomic E-state index is -0.115. The van der Waals surface area contributed by atoms with E-state index in [-0.39, 0.29) is 5.60 Å². The van der Waals surface area contributed by atoms with E-state index in [2.05, 4.69) is 27.4 Å². The van der Waals surface area contributed by atoms with Gasteiger partial charge in [-0.1, -0.05) is 5.16 Å². The Labute approximate surface area is 111 Å². The highest BCUT2D eigenvalue weighted by atomic mass is 16.5. The van der Waals surface area contributed by atoms with Gasteiger partial charge in [-0.15, -0.1) is 0 Å².